The van der Waals surface area contributed by atoms with Crippen LogP contribution in [0.5, 0.6) is 0 Å². The molecule has 1 aromatic rings. The lowest BCUT2D eigenvalue weighted by molar-refractivity contribution is 0.0298. The Labute approximate surface area is 143 Å². The van der Waals surface area contributed by atoms with Crippen LogP contribution in [0.15, 0.2) is 24.3 Å². The van der Waals surface area contributed by atoms with E-state index in [0.717, 1.165) is 24.1 Å². The van der Waals surface area contributed by atoms with E-state index in [1.54, 1.807) is 25.7 Å². The maximum atomic E-state index is 12.5. The molecule has 0 saturated heterocycles. The highest BCUT2D eigenvalue weighted by molar-refractivity contribution is 5.89. The number of nitrogens with one attached hydrogen (secondary N) is 1. The largest absolute Gasteiger partial charge is 0.444 e. The molecule has 2 rings (SSSR count). The number of rotatable bonds is 3. The third-order valence-electron chi connectivity index (χ3n) is 3.62. The summed E-state index contributed by atoms with van der Waals surface area (Å²) in [5, 5.41) is 2.59. The molecule has 0 radical (unpaired) electrons. The van der Waals surface area contributed by atoms with Crippen molar-refractivity contribution < 1.29 is 19.1 Å². The second-order valence-electron chi connectivity index (χ2n) is 6.81. The summed E-state index contributed by atoms with van der Waals surface area (Å²) in [7, 11) is 0. The Morgan fingerprint density at radius 2 is 2.00 bits per heavy atom. The number of amides is 2. The fourth-order valence-corrected chi connectivity index (χ4v) is 2.56. The quantitative estimate of drug-likeness (QED) is 0.853. The summed E-state index contributed by atoms with van der Waals surface area (Å²) in [6.07, 6.45) is 0.531. The van der Waals surface area contributed by atoms with Crippen molar-refractivity contribution in [3.05, 3.63) is 29.8 Å². The fraction of sp³-hybridized carbons (Fsp3) is 0.556. The Morgan fingerprint density at radius 3 is 2.67 bits per heavy atom. The molecule has 1 aliphatic heterocycles. The van der Waals surface area contributed by atoms with E-state index >= 15 is 0 Å². The number of benzene rings is 1. The van der Waals surface area contributed by atoms with Gasteiger partial charge in [0.25, 0.3) is 0 Å². The van der Waals surface area contributed by atoms with Gasteiger partial charge in [-0.05, 0) is 45.2 Å². The minimum Gasteiger partial charge on any atom is -0.444 e. The zero-order valence-corrected chi connectivity index (χ0v) is 14.8. The summed E-state index contributed by atoms with van der Waals surface area (Å²) in [4.78, 5) is 26.0. The Kier molecular flexibility index (Phi) is 5.70. The van der Waals surface area contributed by atoms with Crippen LogP contribution in [0.3, 0.4) is 0 Å². The molecule has 6 heteroatoms. The molecule has 0 spiro atoms. The van der Waals surface area contributed by atoms with Crippen molar-refractivity contribution in [3.63, 3.8) is 0 Å². The van der Waals surface area contributed by atoms with Crippen LogP contribution in [0.1, 0.15) is 46.1 Å². The van der Waals surface area contributed by atoms with Crippen LogP contribution in [-0.2, 0) is 15.9 Å². The number of anilines is 1. The summed E-state index contributed by atoms with van der Waals surface area (Å²) in [6.45, 7) is 7.79. The molecule has 1 atom stereocenters. The van der Waals surface area contributed by atoms with Crippen molar-refractivity contribution in [2.75, 3.05) is 11.4 Å². The molecule has 0 fully saturated rings. The third kappa shape index (κ3) is 4.88. The molecule has 1 N–H and O–H groups in total. The predicted molar refractivity (Wildman–Crippen MR) is 92.0 cm³/mol. The third-order valence-corrected chi connectivity index (χ3v) is 3.62. The highest BCUT2D eigenvalue weighted by Gasteiger charge is 2.27. The van der Waals surface area contributed by atoms with E-state index < -0.39 is 24.0 Å². The fourth-order valence-electron chi connectivity index (χ4n) is 2.56. The molecular formula is C18H26N2O4. The number of hydrogen-bond acceptors (Lipinski definition) is 4. The monoisotopic (exact) mass is 334 g/mol. The summed E-state index contributed by atoms with van der Waals surface area (Å²) >= 11 is 0. The molecule has 132 valence electrons. The number of carbonyl (C=O) groups is 2. The number of carbonyl (C=O) groups excluding carboxylic acids is 2. The number of ether oxygens (including phenoxy) is 2. The van der Waals surface area contributed by atoms with Crippen LogP contribution in [0.4, 0.5) is 15.3 Å². The molecule has 1 heterocycles. The molecule has 1 unspecified atom stereocenters. The van der Waals surface area contributed by atoms with Crippen molar-refractivity contribution in [1.29, 1.82) is 0 Å². The highest BCUT2D eigenvalue weighted by Crippen LogP contribution is 2.27. The molecule has 0 aliphatic carbocycles. The van der Waals surface area contributed by atoms with Gasteiger partial charge in [-0.2, -0.15) is 0 Å². The summed E-state index contributed by atoms with van der Waals surface area (Å²) < 4.78 is 10.7. The molecule has 24 heavy (non-hydrogen) atoms. The molecule has 0 saturated carbocycles. The van der Waals surface area contributed by atoms with E-state index in [1.165, 1.54) is 0 Å². The molecule has 2 amide bonds. The topological polar surface area (TPSA) is 67.9 Å². The zero-order chi connectivity index (χ0) is 17.7. The standard InChI is InChI=1S/C18H26N2O4/c1-5-15(19-16(21)24-18(2,3)4)23-17(22)20-12-8-10-13-9-6-7-11-14(13)20/h6-7,9,11,15H,5,8,10,12H2,1-4H3,(H,19,21). The molecule has 1 aliphatic rings. The number of para-hydroxylation sites is 1. The first-order valence-electron chi connectivity index (χ1n) is 8.35. The molecule has 6 nitrogen and oxygen atoms in total. The average Bonchev–Trinajstić information content (AvgIpc) is 2.51. The van der Waals surface area contributed by atoms with E-state index in [-0.39, 0.29) is 0 Å². The molecule has 0 bridgehead atoms. The van der Waals surface area contributed by atoms with Crippen LogP contribution in [0.25, 0.3) is 0 Å². The second kappa shape index (κ2) is 7.55. The SMILES string of the molecule is CCC(NC(=O)OC(C)(C)C)OC(=O)N1CCCc2ccccc21. The number of fused-ring (bicyclic) bond motifs is 1. The molecular weight excluding hydrogens is 308 g/mol. The van der Waals surface area contributed by atoms with Crippen LogP contribution < -0.4 is 10.2 Å². The van der Waals surface area contributed by atoms with Gasteiger partial charge in [0, 0.05) is 13.0 Å². The number of alkyl carbamates (subject to hydrolysis) is 1. The summed E-state index contributed by atoms with van der Waals surface area (Å²) in [5.74, 6) is 0. The van der Waals surface area contributed by atoms with E-state index in [1.807, 2.05) is 31.2 Å². The van der Waals surface area contributed by atoms with Crippen LogP contribution in [0.2, 0.25) is 0 Å². The normalized spacial score (nSPS) is 15.2. The Balaban J connectivity index is 1.99. The van der Waals surface area contributed by atoms with Gasteiger partial charge in [0.1, 0.15) is 5.60 Å². The van der Waals surface area contributed by atoms with Crippen LogP contribution >= 0.6 is 0 Å². The van der Waals surface area contributed by atoms with Gasteiger partial charge in [-0.25, -0.2) is 9.59 Å². The first-order valence-corrected chi connectivity index (χ1v) is 8.35. The molecule has 0 aromatic heterocycles. The van der Waals surface area contributed by atoms with Gasteiger partial charge in [0.15, 0.2) is 6.23 Å². The minimum atomic E-state index is -0.721. The predicted octanol–water partition coefficient (Wildman–Crippen LogP) is 3.84. The zero-order valence-electron chi connectivity index (χ0n) is 14.8. The van der Waals surface area contributed by atoms with Crippen LogP contribution in [0, 0.1) is 0 Å². The smallest absolute Gasteiger partial charge is 0.416 e. The van der Waals surface area contributed by atoms with Crippen molar-refractivity contribution >= 4 is 17.9 Å². The lowest BCUT2D eigenvalue weighted by Gasteiger charge is -2.30. The van der Waals surface area contributed by atoms with Gasteiger partial charge in [0.2, 0.25) is 0 Å². The van der Waals surface area contributed by atoms with Gasteiger partial charge in [-0.15, -0.1) is 0 Å². The van der Waals surface area contributed by atoms with Crippen LogP contribution in [-0.4, -0.2) is 30.6 Å². The maximum absolute atomic E-state index is 12.5. The van der Waals surface area contributed by atoms with Crippen molar-refractivity contribution in [2.24, 2.45) is 0 Å². The van der Waals surface area contributed by atoms with Crippen molar-refractivity contribution in [2.45, 2.75) is 58.8 Å². The van der Waals surface area contributed by atoms with Gasteiger partial charge in [-0.3, -0.25) is 10.2 Å². The first-order chi connectivity index (χ1) is 11.3. The average molecular weight is 334 g/mol. The van der Waals surface area contributed by atoms with Gasteiger partial charge in [0.05, 0.1) is 5.69 Å². The maximum Gasteiger partial charge on any atom is 0.416 e. The van der Waals surface area contributed by atoms with Gasteiger partial charge < -0.3 is 9.47 Å². The Morgan fingerprint density at radius 1 is 1.29 bits per heavy atom. The Hall–Kier alpha value is -2.24. The second-order valence-corrected chi connectivity index (χ2v) is 6.81. The van der Waals surface area contributed by atoms with Gasteiger partial charge >= 0.3 is 12.2 Å². The number of nitrogens with zero attached hydrogens (tertiary/aromatic N) is 1. The molecule has 1 aromatic carbocycles. The Bertz CT molecular complexity index is 595. The number of aryl methyl sites for hydroxylation is 1. The van der Waals surface area contributed by atoms with Crippen molar-refractivity contribution in [3.8, 4) is 0 Å². The minimum absolute atomic E-state index is 0.454. The summed E-state index contributed by atoms with van der Waals surface area (Å²) in [6, 6.07) is 7.80. The van der Waals surface area contributed by atoms with E-state index in [2.05, 4.69) is 5.32 Å². The lowest BCUT2D eigenvalue weighted by Crippen LogP contribution is -2.45. The number of hydrogen-bond donors (Lipinski definition) is 1. The first kappa shape index (κ1) is 18.1. The summed E-state index contributed by atoms with van der Waals surface area (Å²) in [5.41, 5.74) is 1.41. The van der Waals surface area contributed by atoms with Gasteiger partial charge in [-0.1, -0.05) is 25.1 Å². The lowest BCUT2D eigenvalue weighted by atomic mass is 10.0. The van der Waals surface area contributed by atoms with E-state index in [0.29, 0.717) is 13.0 Å². The highest BCUT2D eigenvalue weighted by atomic mass is 16.6. The van der Waals surface area contributed by atoms with E-state index in [9.17, 15) is 9.59 Å². The van der Waals surface area contributed by atoms with Crippen molar-refractivity contribution in [1.82, 2.24) is 5.32 Å². The van der Waals surface area contributed by atoms with E-state index in [4.69, 9.17) is 9.47 Å².